The molecule has 1 aliphatic heterocycles. The zero-order valence-electron chi connectivity index (χ0n) is 13.4. The summed E-state index contributed by atoms with van der Waals surface area (Å²) < 4.78 is 2.09. The molecule has 124 valence electrons. The van der Waals surface area contributed by atoms with Gasteiger partial charge in [0.05, 0.1) is 17.0 Å². The molecule has 4 rings (SSSR count). The van der Waals surface area contributed by atoms with E-state index in [1.165, 1.54) is 6.33 Å². The van der Waals surface area contributed by atoms with E-state index in [1.54, 1.807) is 0 Å². The van der Waals surface area contributed by atoms with E-state index in [-0.39, 0.29) is 11.8 Å². The number of nitrogens with zero attached hydrogens (tertiary/aromatic N) is 5. The van der Waals surface area contributed by atoms with E-state index in [0.29, 0.717) is 12.5 Å². The Labute approximate surface area is 138 Å². The predicted octanol–water partition coefficient (Wildman–Crippen LogP) is 1.55. The first kappa shape index (κ1) is 14.7. The van der Waals surface area contributed by atoms with Crippen LogP contribution in [0.2, 0.25) is 0 Å². The van der Waals surface area contributed by atoms with Crippen molar-refractivity contribution in [2.75, 3.05) is 23.3 Å². The van der Waals surface area contributed by atoms with Gasteiger partial charge in [-0.05, 0) is 25.0 Å². The van der Waals surface area contributed by atoms with Crippen LogP contribution in [0.4, 0.5) is 11.9 Å². The van der Waals surface area contributed by atoms with Crippen LogP contribution in [0.3, 0.4) is 0 Å². The molecule has 0 unspecified atom stereocenters. The molecule has 24 heavy (non-hydrogen) atoms. The van der Waals surface area contributed by atoms with Crippen molar-refractivity contribution in [2.24, 2.45) is 13.0 Å². The molecule has 8 nitrogen and oxygen atoms in total. The lowest BCUT2D eigenvalue weighted by molar-refractivity contribution is -0.120. The summed E-state index contributed by atoms with van der Waals surface area (Å²) in [6.07, 6.45) is 3.19. The number of piperidine rings is 1. The Morgan fingerprint density at radius 2 is 2.25 bits per heavy atom. The third-order valence-corrected chi connectivity index (χ3v) is 4.50. The Kier molecular flexibility index (Phi) is 3.64. The number of hydrogen-bond acceptors (Lipinski definition) is 5. The number of para-hydroxylation sites is 2. The summed E-state index contributed by atoms with van der Waals surface area (Å²) in [5.74, 6) is 1.17. The van der Waals surface area contributed by atoms with Crippen molar-refractivity contribution in [3.05, 3.63) is 30.6 Å². The van der Waals surface area contributed by atoms with E-state index >= 15 is 0 Å². The fourth-order valence-corrected chi connectivity index (χ4v) is 3.27. The summed E-state index contributed by atoms with van der Waals surface area (Å²) in [5.41, 5.74) is 2.07. The molecule has 1 aliphatic rings. The summed E-state index contributed by atoms with van der Waals surface area (Å²) in [7, 11) is 2.02. The van der Waals surface area contributed by atoms with Gasteiger partial charge in [-0.15, -0.1) is 0 Å². The number of fused-ring (bicyclic) bond motifs is 1. The van der Waals surface area contributed by atoms with Crippen molar-refractivity contribution in [3.63, 3.8) is 0 Å². The molecular formula is C16H19N7O. The monoisotopic (exact) mass is 325 g/mol. The molecule has 2 aromatic heterocycles. The highest BCUT2D eigenvalue weighted by Gasteiger charge is 2.28. The minimum absolute atomic E-state index is 0.0322. The molecule has 0 spiro atoms. The number of nitrogens with one attached hydrogen (secondary N) is 2. The van der Waals surface area contributed by atoms with E-state index in [1.807, 2.05) is 25.2 Å². The number of carbonyl (C=O) groups is 1. The third kappa shape index (κ3) is 2.60. The molecule has 2 N–H and O–H groups in total. The first-order valence-electron chi connectivity index (χ1n) is 8.05. The molecule has 1 fully saturated rings. The number of H-pyrrole nitrogens is 1. The molecule has 0 saturated carbocycles. The molecule has 1 saturated heterocycles. The number of carbonyl (C=O) groups excluding carboxylic acids is 1. The van der Waals surface area contributed by atoms with E-state index in [4.69, 9.17) is 4.98 Å². The van der Waals surface area contributed by atoms with Gasteiger partial charge in [-0.25, -0.2) is 10.1 Å². The number of amides is 1. The normalized spacial score (nSPS) is 18.0. The average molecular weight is 325 g/mol. The Morgan fingerprint density at radius 3 is 3.04 bits per heavy atom. The number of benzene rings is 1. The molecule has 8 heteroatoms. The molecule has 0 aliphatic carbocycles. The van der Waals surface area contributed by atoms with Gasteiger partial charge in [-0.1, -0.05) is 12.1 Å². The molecule has 3 heterocycles. The zero-order valence-corrected chi connectivity index (χ0v) is 13.4. The van der Waals surface area contributed by atoms with Crippen LogP contribution in [0.15, 0.2) is 30.6 Å². The van der Waals surface area contributed by atoms with Gasteiger partial charge >= 0.3 is 0 Å². The van der Waals surface area contributed by atoms with Crippen LogP contribution in [0, 0.1) is 5.92 Å². The topological polar surface area (TPSA) is 91.7 Å². The standard InChI is InChI=1S/C16H19N7O/c1-22-13-7-3-2-6-12(13)19-16(22)23-8-4-5-11(9-23)14(24)20-15-17-10-18-21-15/h2-3,6-7,10-11H,4-5,8-9H2,1H3,(H2,17,18,20,21,24)/t11-/m0/s1. The van der Waals surface area contributed by atoms with Gasteiger partial charge in [0.1, 0.15) is 6.33 Å². The van der Waals surface area contributed by atoms with Crippen molar-refractivity contribution < 1.29 is 4.79 Å². The second-order valence-corrected chi connectivity index (χ2v) is 6.07. The second kappa shape index (κ2) is 5.95. The second-order valence-electron chi connectivity index (χ2n) is 6.07. The first-order chi connectivity index (χ1) is 11.7. The van der Waals surface area contributed by atoms with E-state index < -0.39 is 0 Å². The highest BCUT2D eigenvalue weighted by molar-refractivity contribution is 5.91. The Morgan fingerprint density at radius 1 is 1.38 bits per heavy atom. The van der Waals surface area contributed by atoms with Crippen molar-refractivity contribution in [1.82, 2.24) is 24.7 Å². The SMILES string of the molecule is Cn1c(N2CCC[C@H](C(=O)Nc3ncn[nH]3)C2)nc2ccccc21. The summed E-state index contributed by atoms with van der Waals surface area (Å²) in [6.45, 7) is 1.56. The maximum absolute atomic E-state index is 12.4. The van der Waals surface area contributed by atoms with Crippen LogP contribution < -0.4 is 10.2 Å². The van der Waals surface area contributed by atoms with Crippen LogP contribution >= 0.6 is 0 Å². The van der Waals surface area contributed by atoms with Gasteiger partial charge in [-0.2, -0.15) is 10.1 Å². The third-order valence-electron chi connectivity index (χ3n) is 4.50. The molecule has 1 atom stereocenters. The van der Waals surface area contributed by atoms with Crippen molar-refractivity contribution in [2.45, 2.75) is 12.8 Å². The van der Waals surface area contributed by atoms with Gasteiger partial charge in [-0.3, -0.25) is 10.1 Å². The van der Waals surface area contributed by atoms with Crippen molar-refractivity contribution in [1.29, 1.82) is 0 Å². The number of aryl methyl sites for hydroxylation is 1. The van der Waals surface area contributed by atoms with Crippen LogP contribution in [-0.4, -0.2) is 43.7 Å². The molecule has 0 bridgehead atoms. The van der Waals surface area contributed by atoms with Crippen molar-refractivity contribution >= 4 is 28.8 Å². The predicted molar refractivity (Wildman–Crippen MR) is 90.7 cm³/mol. The highest BCUT2D eigenvalue weighted by Crippen LogP contribution is 2.26. The number of anilines is 2. The lowest BCUT2D eigenvalue weighted by Gasteiger charge is -2.32. The maximum atomic E-state index is 12.4. The van der Waals surface area contributed by atoms with Crippen LogP contribution in [0.5, 0.6) is 0 Å². The Balaban J connectivity index is 1.53. The van der Waals surface area contributed by atoms with E-state index in [9.17, 15) is 4.79 Å². The molecule has 1 amide bonds. The van der Waals surface area contributed by atoms with Gasteiger partial charge in [0.2, 0.25) is 17.8 Å². The van der Waals surface area contributed by atoms with E-state index in [0.717, 1.165) is 36.4 Å². The molecule has 3 aromatic rings. The van der Waals surface area contributed by atoms with Gasteiger partial charge < -0.3 is 9.47 Å². The van der Waals surface area contributed by atoms with Crippen molar-refractivity contribution in [3.8, 4) is 0 Å². The smallest absolute Gasteiger partial charge is 0.231 e. The maximum Gasteiger partial charge on any atom is 0.231 e. The highest BCUT2D eigenvalue weighted by atomic mass is 16.2. The Bertz CT molecular complexity index is 855. The van der Waals surface area contributed by atoms with Gasteiger partial charge in [0, 0.05) is 20.1 Å². The summed E-state index contributed by atoms with van der Waals surface area (Å²) >= 11 is 0. The first-order valence-corrected chi connectivity index (χ1v) is 8.05. The number of hydrogen-bond donors (Lipinski definition) is 2. The largest absolute Gasteiger partial charge is 0.341 e. The minimum atomic E-state index is -0.0938. The molecule has 1 aromatic carbocycles. The van der Waals surface area contributed by atoms with Crippen LogP contribution in [0.25, 0.3) is 11.0 Å². The summed E-state index contributed by atoms with van der Waals surface area (Å²) in [6, 6.07) is 8.07. The number of imidazole rings is 1. The average Bonchev–Trinajstić information content (AvgIpc) is 3.23. The van der Waals surface area contributed by atoms with Crippen LogP contribution in [-0.2, 0) is 11.8 Å². The zero-order chi connectivity index (χ0) is 16.5. The number of aromatic amines is 1. The minimum Gasteiger partial charge on any atom is -0.341 e. The lowest BCUT2D eigenvalue weighted by atomic mass is 9.97. The summed E-state index contributed by atoms with van der Waals surface area (Å²) in [5, 5.41) is 9.18. The van der Waals surface area contributed by atoms with Gasteiger partial charge in [0.15, 0.2) is 0 Å². The summed E-state index contributed by atoms with van der Waals surface area (Å²) in [4.78, 5) is 23.3. The lowest BCUT2D eigenvalue weighted by Crippen LogP contribution is -2.41. The number of rotatable bonds is 3. The molecule has 0 radical (unpaired) electrons. The Hall–Kier alpha value is -2.90. The van der Waals surface area contributed by atoms with Crippen LogP contribution in [0.1, 0.15) is 12.8 Å². The number of aromatic nitrogens is 5. The fraction of sp³-hybridized carbons (Fsp3) is 0.375. The molecular weight excluding hydrogens is 306 g/mol. The quantitative estimate of drug-likeness (QED) is 0.762. The van der Waals surface area contributed by atoms with E-state index in [2.05, 4.69) is 36.0 Å². The fourth-order valence-electron chi connectivity index (χ4n) is 3.27. The van der Waals surface area contributed by atoms with Gasteiger partial charge in [0.25, 0.3) is 0 Å².